The van der Waals surface area contributed by atoms with E-state index in [1.807, 2.05) is 32.0 Å². The molecule has 0 fully saturated rings. The van der Waals surface area contributed by atoms with E-state index in [9.17, 15) is 9.59 Å². The lowest BCUT2D eigenvalue weighted by molar-refractivity contribution is -0.120. The molecule has 0 radical (unpaired) electrons. The number of imide groups is 1. The molecule has 0 unspecified atom stereocenters. The second kappa shape index (κ2) is 6.71. The summed E-state index contributed by atoms with van der Waals surface area (Å²) < 4.78 is 0. The molecule has 2 aromatic rings. The molecule has 1 aliphatic rings. The molecule has 4 nitrogen and oxygen atoms in total. The lowest BCUT2D eigenvalue weighted by atomic mass is 10.1. The average Bonchev–Trinajstić information content (AvgIpc) is 2.74. The van der Waals surface area contributed by atoms with E-state index in [4.69, 9.17) is 34.8 Å². The molecule has 3 rings (SSSR count). The molecule has 0 bridgehead atoms. The molecule has 128 valence electrons. The molecule has 0 saturated heterocycles. The van der Waals surface area contributed by atoms with Gasteiger partial charge in [0.1, 0.15) is 10.7 Å². The van der Waals surface area contributed by atoms with Crippen LogP contribution in [-0.2, 0) is 9.59 Å². The van der Waals surface area contributed by atoms with Gasteiger partial charge in [0.2, 0.25) is 0 Å². The first-order valence-corrected chi connectivity index (χ1v) is 8.51. The normalized spacial score (nSPS) is 14.5. The highest BCUT2D eigenvalue weighted by Crippen LogP contribution is 2.35. The first-order chi connectivity index (χ1) is 11.8. The highest BCUT2D eigenvalue weighted by atomic mass is 35.5. The van der Waals surface area contributed by atoms with Crippen molar-refractivity contribution in [3.8, 4) is 0 Å². The van der Waals surface area contributed by atoms with E-state index < -0.39 is 11.8 Å². The summed E-state index contributed by atoms with van der Waals surface area (Å²) in [5.41, 5.74) is 2.97. The summed E-state index contributed by atoms with van der Waals surface area (Å²) in [6.45, 7) is 3.87. The van der Waals surface area contributed by atoms with Gasteiger partial charge < -0.3 is 5.32 Å². The predicted molar refractivity (Wildman–Crippen MR) is 101 cm³/mol. The molecular weight excluding hydrogens is 383 g/mol. The molecule has 0 saturated carbocycles. The van der Waals surface area contributed by atoms with Crippen LogP contribution in [0.4, 0.5) is 11.4 Å². The maximum atomic E-state index is 12.8. The third kappa shape index (κ3) is 3.25. The second-order valence-electron chi connectivity index (χ2n) is 5.67. The lowest BCUT2D eigenvalue weighted by Crippen LogP contribution is -2.32. The van der Waals surface area contributed by atoms with Crippen LogP contribution in [0.2, 0.25) is 10.0 Å². The van der Waals surface area contributed by atoms with Crippen molar-refractivity contribution >= 4 is 58.0 Å². The summed E-state index contributed by atoms with van der Waals surface area (Å²) in [7, 11) is 0. The number of anilines is 2. The first kappa shape index (κ1) is 17.8. The highest BCUT2D eigenvalue weighted by Gasteiger charge is 2.39. The molecule has 25 heavy (non-hydrogen) atoms. The van der Waals surface area contributed by atoms with Crippen molar-refractivity contribution < 1.29 is 9.59 Å². The number of benzene rings is 2. The molecule has 0 aliphatic carbocycles. The van der Waals surface area contributed by atoms with E-state index in [0.717, 1.165) is 16.0 Å². The number of nitrogens with one attached hydrogen (secondary N) is 1. The van der Waals surface area contributed by atoms with Gasteiger partial charge in [0.05, 0.1) is 10.7 Å². The number of nitrogens with zero attached hydrogens (tertiary/aromatic N) is 1. The summed E-state index contributed by atoms with van der Waals surface area (Å²) in [6.07, 6.45) is 0. The van der Waals surface area contributed by atoms with Crippen LogP contribution in [0.5, 0.6) is 0 Å². The van der Waals surface area contributed by atoms with E-state index >= 15 is 0 Å². The average molecular weight is 396 g/mol. The molecule has 1 aliphatic heterocycles. The Hall–Kier alpha value is -2.01. The van der Waals surface area contributed by atoms with Crippen LogP contribution in [0.1, 0.15) is 11.1 Å². The minimum atomic E-state index is -0.636. The van der Waals surface area contributed by atoms with Gasteiger partial charge in [0.25, 0.3) is 11.8 Å². The summed E-state index contributed by atoms with van der Waals surface area (Å²) in [5.74, 6) is -1.21. The summed E-state index contributed by atoms with van der Waals surface area (Å²) >= 11 is 18.1. The summed E-state index contributed by atoms with van der Waals surface area (Å²) in [6, 6.07) is 10.2. The van der Waals surface area contributed by atoms with Gasteiger partial charge in [0.15, 0.2) is 0 Å². The molecule has 1 heterocycles. The van der Waals surface area contributed by atoms with Gasteiger partial charge in [-0.3, -0.25) is 9.59 Å². The number of aryl methyl sites for hydroxylation is 2. The number of carbonyl (C=O) groups is 2. The molecule has 0 spiro atoms. The Morgan fingerprint density at radius 3 is 2.28 bits per heavy atom. The van der Waals surface area contributed by atoms with Gasteiger partial charge in [-0.15, -0.1) is 0 Å². The fourth-order valence-electron chi connectivity index (χ4n) is 2.58. The summed E-state index contributed by atoms with van der Waals surface area (Å²) in [4.78, 5) is 26.2. The van der Waals surface area contributed by atoms with Crippen molar-refractivity contribution in [1.82, 2.24) is 0 Å². The van der Waals surface area contributed by atoms with Gasteiger partial charge in [0, 0.05) is 10.7 Å². The Labute approximate surface area is 160 Å². The number of hydrogen-bond donors (Lipinski definition) is 1. The van der Waals surface area contributed by atoms with Gasteiger partial charge >= 0.3 is 0 Å². The smallest absolute Gasteiger partial charge is 0.283 e. The van der Waals surface area contributed by atoms with Crippen molar-refractivity contribution in [1.29, 1.82) is 0 Å². The van der Waals surface area contributed by atoms with E-state index in [1.54, 1.807) is 6.07 Å². The molecule has 2 aromatic carbocycles. The Morgan fingerprint density at radius 1 is 0.920 bits per heavy atom. The molecule has 2 amide bonds. The van der Waals surface area contributed by atoms with E-state index in [2.05, 4.69) is 5.32 Å². The van der Waals surface area contributed by atoms with Crippen molar-refractivity contribution in [3.63, 3.8) is 0 Å². The maximum absolute atomic E-state index is 12.8. The number of rotatable bonds is 3. The van der Waals surface area contributed by atoms with Gasteiger partial charge in [-0.1, -0.05) is 52.5 Å². The Kier molecular flexibility index (Phi) is 4.78. The molecule has 0 atom stereocenters. The lowest BCUT2D eigenvalue weighted by Gasteiger charge is -2.17. The Bertz CT molecular complexity index is 938. The van der Waals surface area contributed by atoms with Crippen LogP contribution in [0.25, 0.3) is 0 Å². The van der Waals surface area contributed by atoms with Crippen LogP contribution < -0.4 is 10.2 Å². The monoisotopic (exact) mass is 394 g/mol. The largest absolute Gasteiger partial charge is 0.349 e. The van der Waals surface area contributed by atoms with Crippen LogP contribution in [-0.4, -0.2) is 11.8 Å². The quantitative estimate of drug-likeness (QED) is 0.740. The van der Waals surface area contributed by atoms with Crippen molar-refractivity contribution in [2.45, 2.75) is 13.8 Å². The number of halogens is 3. The van der Waals surface area contributed by atoms with Crippen LogP contribution in [0.15, 0.2) is 47.1 Å². The fraction of sp³-hybridized carbons (Fsp3) is 0.111. The molecular formula is C18H13Cl3N2O2. The topological polar surface area (TPSA) is 49.4 Å². The second-order valence-corrected chi connectivity index (χ2v) is 6.90. The third-order valence-electron chi connectivity index (χ3n) is 3.82. The van der Waals surface area contributed by atoms with Crippen molar-refractivity contribution in [2.24, 2.45) is 0 Å². The highest BCUT2D eigenvalue weighted by molar-refractivity contribution is 6.53. The Balaban J connectivity index is 1.96. The first-order valence-electron chi connectivity index (χ1n) is 7.37. The third-order valence-corrected chi connectivity index (χ3v) is 4.71. The molecule has 1 N–H and O–H groups in total. The summed E-state index contributed by atoms with van der Waals surface area (Å²) in [5, 5.41) is 3.37. The zero-order valence-corrected chi connectivity index (χ0v) is 15.6. The van der Waals surface area contributed by atoms with E-state index in [1.165, 1.54) is 12.1 Å². The number of amides is 2. The van der Waals surface area contributed by atoms with Crippen molar-refractivity contribution in [2.75, 3.05) is 10.2 Å². The maximum Gasteiger partial charge on any atom is 0.283 e. The predicted octanol–water partition coefficient (Wildman–Crippen LogP) is 5.05. The van der Waals surface area contributed by atoms with E-state index in [-0.39, 0.29) is 21.4 Å². The van der Waals surface area contributed by atoms with Crippen LogP contribution in [0.3, 0.4) is 0 Å². The number of hydrogen-bond acceptors (Lipinski definition) is 3. The zero-order chi connectivity index (χ0) is 18.3. The van der Waals surface area contributed by atoms with Gasteiger partial charge in [-0.05, 0) is 43.7 Å². The SMILES string of the molecule is Cc1ccc(NC2=C(Cl)C(=O)N(c3ccc(Cl)cc3Cl)C2=O)c(C)c1. The van der Waals surface area contributed by atoms with Crippen molar-refractivity contribution in [3.05, 3.63) is 68.3 Å². The van der Waals surface area contributed by atoms with Crippen LogP contribution >= 0.6 is 34.8 Å². The minimum absolute atomic E-state index is 0.0182. The molecule has 0 aromatic heterocycles. The number of carbonyl (C=O) groups excluding carboxylic acids is 2. The fourth-order valence-corrected chi connectivity index (χ4v) is 3.29. The standard InChI is InChI=1S/C18H13Cl3N2O2/c1-9-3-5-13(10(2)7-9)22-16-15(21)17(24)23(18(16)25)14-6-4-11(19)8-12(14)20/h3-8,22H,1-2H3. The van der Waals surface area contributed by atoms with Gasteiger partial charge in [-0.25, -0.2) is 4.90 Å². The van der Waals surface area contributed by atoms with Gasteiger partial charge in [-0.2, -0.15) is 0 Å². The minimum Gasteiger partial charge on any atom is -0.349 e. The van der Waals surface area contributed by atoms with Crippen LogP contribution in [0, 0.1) is 13.8 Å². The Morgan fingerprint density at radius 2 is 1.64 bits per heavy atom. The molecule has 7 heteroatoms. The van der Waals surface area contributed by atoms with E-state index in [0.29, 0.717) is 10.7 Å². The zero-order valence-electron chi connectivity index (χ0n) is 13.4.